The number of aliphatic hydroxyl groups is 1. The van der Waals surface area contributed by atoms with Crippen LogP contribution in [0.1, 0.15) is 465 Å². The van der Waals surface area contributed by atoms with E-state index in [4.69, 9.17) is 37.0 Å². The number of phosphoric ester groups is 2. The minimum Gasteiger partial charge on any atom is -0.462 e. The fourth-order valence-corrected chi connectivity index (χ4v) is 15.1. The standard InChI is InChI=1S/C86H168O17P2/c1-6-9-12-15-18-20-22-24-26-28-30-31-32-33-35-39-44-48-52-57-62-67-72-86(91)103-82(76-97-84(89)70-65-60-55-50-46-42-40-36-37-41-45-49-54-58-63-68-79(4)5)78-101-105(94,95)99-74-80(87)73-98-104(92,93)100-77-81(75-96-83(88)69-64-59-53-17-14-11-8-3)102-85(90)71-66-61-56-51-47-43-38-34-29-27-25-23-21-19-16-13-10-7-2/h79-82,87H,6-78H2,1-5H3,(H,92,93)(H,94,95)/t80-,81+,82+/m0/s1. The highest BCUT2D eigenvalue weighted by Gasteiger charge is 2.30. The third kappa shape index (κ3) is 79.9. The Morgan fingerprint density at radius 1 is 0.257 bits per heavy atom. The van der Waals surface area contributed by atoms with Crippen molar-refractivity contribution in [3.05, 3.63) is 0 Å². The number of ether oxygens (including phenoxy) is 4. The van der Waals surface area contributed by atoms with Crippen LogP contribution >= 0.6 is 15.6 Å². The Bertz CT molecular complexity index is 2000. The van der Waals surface area contributed by atoms with Gasteiger partial charge in [0.05, 0.1) is 26.4 Å². The normalized spacial score (nSPS) is 13.8. The van der Waals surface area contributed by atoms with Gasteiger partial charge in [-0.05, 0) is 31.6 Å². The average Bonchev–Trinajstić information content (AvgIpc) is 0.923. The van der Waals surface area contributed by atoms with Gasteiger partial charge in [0.2, 0.25) is 0 Å². The molecule has 624 valence electrons. The Balaban J connectivity index is 5.15. The van der Waals surface area contributed by atoms with Crippen molar-refractivity contribution in [2.75, 3.05) is 39.6 Å². The zero-order valence-corrected chi connectivity index (χ0v) is 70.7. The maximum absolute atomic E-state index is 13.1. The van der Waals surface area contributed by atoms with Gasteiger partial charge in [-0.15, -0.1) is 0 Å². The monoisotopic (exact) mass is 1540 g/mol. The summed E-state index contributed by atoms with van der Waals surface area (Å²) in [6.45, 7) is 7.35. The lowest BCUT2D eigenvalue weighted by Crippen LogP contribution is -2.30. The van der Waals surface area contributed by atoms with Gasteiger partial charge < -0.3 is 33.8 Å². The van der Waals surface area contributed by atoms with Crippen LogP contribution in [-0.4, -0.2) is 96.7 Å². The first-order valence-electron chi connectivity index (χ1n) is 44.6. The number of hydrogen-bond donors (Lipinski definition) is 3. The third-order valence-corrected chi connectivity index (χ3v) is 22.2. The van der Waals surface area contributed by atoms with E-state index >= 15 is 0 Å². The maximum Gasteiger partial charge on any atom is 0.472 e. The molecule has 3 N–H and O–H groups in total. The smallest absolute Gasteiger partial charge is 0.462 e. The van der Waals surface area contributed by atoms with E-state index < -0.39 is 97.5 Å². The predicted octanol–water partition coefficient (Wildman–Crippen LogP) is 26.4. The van der Waals surface area contributed by atoms with E-state index in [0.29, 0.717) is 25.7 Å². The van der Waals surface area contributed by atoms with E-state index in [9.17, 15) is 43.2 Å². The van der Waals surface area contributed by atoms with Gasteiger partial charge in [0.1, 0.15) is 19.3 Å². The molecule has 105 heavy (non-hydrogen) atoms. The molecule has 0 bridgehead atoms. The van der Waals surface area contributed by atoms with Crippen LogP contribution in [0, 0.1) is 5.92 Å². The molecule has 0 aromatic heterocycles. The molecule has 0 aliphatic heterocycles. The summed E-state index contributed by atoms with van der Waals surface area (Å²) in [5, 5.41) is 10.7. The molecule has 0 aliphatic rings. The van der Waals surface area contributed by atoms with Crippen molar-refractivity contribution in [3.63, 3.8) is 0 Å². The van der Waals surface area contributed by atoms with Crippen LogP contribution in [0.4, 0.5) is 0 Å². The Kier molecular flexibility index (Phi) is 77.3. The van der Waals surface area contributed by atoms with Gasteiger partial charge in [-0.3, -0.25) is 37.3 Å². The summed E-state index contributed by atoms with van der Waals surface area (Å²) in [5.41, 5.74) is 0. The zero-order valence-electron chi connectivity index (χ0n) is 68.9. The lowest BCUT2D eigenvalue weighted by Gasteiger charge is -2.21. The quantitative estimate of drug-likeness (QED) is 0.0222. The van der Waals surface area contributed by atoms with Crippen molar-refractivity contribution in [2.24, 2.45) is 5.92 Å². The molecule has 0 saturated carbocycles. The highest BCUT2D eigenvalue weighted by Crippen LogP contribution is 2.45. The summed E-state index contributed by atoms with van der Waals surface area (Å²) in [4.78, 5) is 73.1. The topological polar surface area (TPSA) is 237 Å². The summed E-state index contributed by atoms with van der Waals surface area (Å²) in [5.74, 6) is -1.30. The van der Waals surface area contributed by atoms with E-state index in [1.54, 1.807) is 0 Å². The van der Waals surface area contributed by atoms with E-state index in [1.165, 1.54) is 276 Å². The molecule has 17 nitrogen and oxygen atoms in total. The molecule has 2 unspecified atom stereocenters. The van der Waals surface area contributed by atoms with Crippen LogP contribution < -0.4 is 0 Å². The Labute approximate surface area is 645 Å². The second-order valence-electron chi connectivity index (χ2n) is 31.4. The molecule has 0 saturated heterocycles. The Morgan fingerprint density at radius 2 is 0.438 bits per heavy atom. The molecule has 0 heterocycles. The molecule has 0 aromatic rings. The summed E-state index contributed by atoms with van der Waals surface area (Å²) >= 11 is 0. The largest absolute Gasteiger partial charge is 0.472 e. The first-order chi connectivity index (χ1) is 51.0. The van der Waals surface area contributed by atoms with Crippen molar-refractivity contribution in [3.8, 4) is 0 Å². The number of unbranched alkanes of at least 4 members (excludes halogenated alkanes) is 58. The van der Waals surface area contributed by atoms with Crippen LogP contribution in [0.15, 0.2) is 0 Å². The number of aliphatic hydroxyl groups excluding tert-OH is 1. The van der Waals surface area contributed by atoms with Gasteiger partial charge >= 0.3 is 39.5 Å². The van der Waals surface area contributed by atoms with Crippen molar-refractivity contribution in [2.45, 2.75) is 483 Å². The second kappa shape index (κ2) is 78.7. The first-order valence-corrected chi connectivity index (χ1v) is 47.6. The molecular formula is C86H168O17P2. The van der Waals surface area contributed by atoms with Crippen molar-refractivity contribution in [1.82, 2.24) is 0 Å². The number of esters is 4. The van der Waals surface area contributed by atoms with Gasteiger partial charge in [0, 0.05) is 25.7 Å². The highest BCUT2D eigenvalue weighted by atomic mass is 31.2. The van der Waals surface area contributed by atoms with Gasteiger partial charge in [0.25, 0.3) is 0 Å². The second-order valence-corrected chi connectivity index (χ2v) is 34.3. The fourth-order valence-electron chi connectivity index (χ4n) is 13.5. The minimum absolute atomic E-state index is 0.109. The lowest BCUT2D eigenvalue weighted by molar-refractivity contribution is -0.161. The molecule has 0 radical (unpaired) electrons. The predicted molar refractivity (Wildman–Crippen MR) is 432 cm³/mol. The van der Waals surface area contributed by atoms with E-state index in [0.717, 1.165) is 109 Å². The molecule has 0 spiro atoms. The minimum atomic E-state index is -4.96. The van der Waals surface area contributed by atoms with Gasteiger partial charge in [-0.1, -0.05) is 413 Å². The molecule has 0 aromatic carbocycles. The number of rotatable bonds is 86. The zero-order chi connectivity index (χ0) is 76.9. The molecular weight excluding hydrogens is 1370 g/mol. The summed E-state index contributed by atoms with van der Waals surface area (Å²) in [7, 11) is -9.92. The van der Waals surface area contributed by atoms with Crippen molar-refractivity contribution < 1.29 is 80.2 Å². The van der Waals surface area contributed by atoms with Gasteiger partial charge in [-0.2, -0.15) is 0 Å². The van der Waals surface area contributed by atoms with E-state index in [-0.39, 0.29) is 25.7 Å². The van der Waals surface area contributed by atoms with Gasteiger partial charge in [-0.25, -0.2) is 9.13 Å². The molecule has 0 fully saturated rings. The van der Waals surface area contributed by atoms with Crippen LogP contribution in [0.2, 0.25) is 0 Å². The van der Waals surface area contributed by atoms with Crippen LogP contribution in [0.25, 0.3) is 0 Å². The highest BCUT2D eigenvalue weighted by molar-refractivity contribution is 7.47. The van der Waals surface area contributed by atoms with Crippen molar-refractivity contribution >= 4 is 39.5 Å². The van der Waals surface area contributed by atoms with Crippen LogP contribution in [-0.2, 0) is 65.4 Å². The van der Waals surface area contributed by atoms with Crippen molar-refractivity contribution in [1.29, 1.82) is 0 Å². The molecule has 0 aliphatic carbocycles. The maximum atomic E-state index is 13.1. The molecule has 19 heteroatoms. The molecule has 0 amide bonds. The molecule has 0 rings (SSSR count). The summed E-state index contributed by atoms with van der Waals surface area (Å²) in [6.07, 6.45) is 72.5. The number of hydrogen-bond acceptors (Lipinski definition) is 15. The average molecular weight is 1540 g/mol. The number of carbonyl (C=O) groups is 4. The number of carbonyl (C=O) groups excluding carboxylic acids is 4. The van der Waals surface area contributed by atoms with Crippen LogP contribution in [0.3, 0.4) is 0 Å². The summed E-state index contributed by atoms with van der Waals surface area (Å²) in [6, 6.07) is 0. The van der Waals surface area contributed by atoms with Crippen LogP contribution in [0.5, 0.6) is 0 Å². The van der Waals surface area contributed by atoms with E-state index in [2.05, 4.69) is 34.6 Å². The van der Waals surface area contributed by atoms with E-state index in [1.807, 2.05) is 0 Å². The third-order valence-electron chi connectivity index (χ3n) is 20.3. The van der Waals surface area contributed by atoms with Gasteiger partial charge in [0.15, 0.2) is 12.2 Å². The first kappa shape index (κ1) is 103. The Morgan fingerprint density at radius 3 is 0.648 bits per heavy atom. The SMILES string of the molecule is CCCCCCCCCCCCCCCCCCCCCCCCC(=O)O[C@H](COC(=O)CCCCCCCCCCCCCCCCCC(C)C)COP(=O)(O)OC[C@@H](O)COP(=O)(O)OC[C@@H](COC(=O)CCCCCCCCC)OC(=O)CCCCCCCCCCCCCCCCCCCC. The molecule has 5 atom stereocenters. The summed E-state index contributed by atoms with van der Waals surface area (Å²) < 4.78 is 68.8. The lowest BCUT2D eigenvalue weighted by atomic mass is 10.0. The Hall–Kier alpha value is -1.94. The number of phosphoric acid groups is 2. The fraction of sp³-hybridized carbons (Fsp3) is 0.953.